The average Bonchev–Trinajstić information content (AvgIpc) is 2.82. The van der Waals surface area contributed by atoms with Crippen molar-refractivity contribution in [2.45, 2.75) is 38.6 Å². The van der Waals surface area contributed by atoms with E-state index in [9.17, 15) is 4.79 Å². The van der Waals surface area contributed by atoms with Gasteiger partial charge in [0, 0.05) is 6.54 Å². The summed E-state index contributed by atoms with van der Waals surface area (Å²) in [5.74, 6) is -0.174. The van der Waals surface area contributed by atoms with Crippen LogP contribution in [0.1, 0.15) is 42.5 Å². The fraction of sp³-hybridized carbons (Fsp3) is 0.467. The summed E-state index contributed by atoms with van der Waals surface area (Å²) >= 11 is 0. The van der Waals surface area contributed by atoms with Crippen molar-refractivity contribution in [2.24, 2.45) is 5.92 Å². The third-order valence-electron chi connectivity index (χ3n) is 4.05. The highest BCUT2D eigenvalue weighted by Crippen LogP contribution is 2.26. The number of aromatic nitrogens is 2. The van der Waals surface area contributed by atoms with Gasteiger partial charge in [-0.2, -0.15) is 0 Å². The lowest BCUT2D eigenvalue weighted by molar-refractivity contribution is 0.0697. The average molecular weight is 258 g/mol. The molecule has 1 aliphatic carbocycles. The number of carboxylic acids is 1. The van der Waals surface area contributed by atoms with Crippen LogP contribution < -0.4 is 0 Å². The molecule has 4 nitrogen and oxygen atoms in total. The van der Waals surface area contributed by atoms with E-state index in [1.807, 2.05) is 6.33 Å². The van der Waals surface area contributed by atoms with Gasteiger partial charge in [-0.3, -0.25) is 0 Å². The maximum Gasteiger partial charge on any atom is 0.335 e. The van der Waals surface area contributed by atoms with E-state index < -0.39 is 5.97 Å². The van der Waals surface area contributed by atoms with Gasteiger partial charge in [0.2, 0.25) is 0 Å². The van der Waals surface area contributed by atoms with Crippen molar-refractivity contribution in [1.82, 2.24) is 9.55 Å². The molecule has 0 unspecified atom stereocenters. The summed E-state index contributed by atoms with van der Waals surface area (Å²) in [5, 5.41) is 9.06. The molecule has 1 aromatic heterocycles. The molecule has 0 bridgehead atoms. The molecule has 1 N–H and O–H groups in total. The summed E-state index contributed by atoms with van der Waals surface area (Å²) in [6, 6.07) is 5.13. The highest BCUT2D eigenvalue weighted by molar-refractivity contribution is 5.92. The minimum absolute atomic E-state index is 0.331. The fourth-order valence-electron chi connectivity index (χ4n) is 2.98. The van der Waals surface area contributed by atoms with Crippen molar-refractivity contribution >= 4 is 17.0 Å². The molecule has 0 radical (unpaired) electrons. The van der Waals surface area contributed by atoms with E-state index in [2.05, 4.69) is 9.55 Å². The number of fused-ring (bicyclic) bond motifs is 1. The molecule has 1 heterocycles. The van der Waals surface area contributed by atoms with Crippen molar-refractivity contribution in [3.05, 3.63) is 30.1 Å². The lowest BCUT2D eigenvalue weighted by Crippen LogP contribution is -2.13. The van der Waals surface area contributed by atoms with E-state index in [0.717, 1.165) is 17.6 Å². The van der Waals surface area contributed by atoms with Crippen LogP contribution in [0.3, 0.4) is 0 Å². The van der Waals surface area contributed by atoms with Gasteiger partial charge in [0.05, 0.1) is 22.9 Å². The second kappa shape index (κ2) is 5.03. The van der Waals surface area contributed by atoms with Gasteiger partial charge in [0.25, 0.3) is 0 Å². The van der Waals surface area contributed by atoms with E-state index in [1.54, 1.807) is 18.2 Å². The Balaban J connectivity index is 1.89. The maximum absolute atomic E-state index is 11.0. The highest BCUT2D eigenvalue weighted by atomic mass is 16.4. The largest absolute Gasteiger partial charge is 0.478 e. The van der Waals surface area contributed by atoms with Gasteiger partial charge in [-0.1, -0.05) is 19.3 Å². The van der Waals surface area contributed by atoms with Gasteiger partial charge in [-0.05, 0) is 37.0 Å². The number of nitrogens with zero attached hydrogens (tertiary/aromatic N) is 2. The standard InChI is InChI=1S/C15H18N2O2/c18-15(19)12-6-7-13-14(8-12)17(10-16-13)9-11-4-2-1-3-5-11/h6-8,10-11H,1-5,9H2,(H,18,19). The van der Waals surface area contributed by atoms with Crippen LogP contribution in [0.2, 0.25) is 0 Å². The first kappa shape index (κ1) is 12.2. The van der Waals surface area contributed by atoms with Gasteiger partial charge in [-0.25, -0.2) is 9.78 Å². The Bertz CT molecular complexity index is 597. The molecule has 0 spiro atoms. The zero-order valence-corrected chi connectivity index (χ0v) is 10.9. The number of carbonyl (C=O) groups is 1. The number of carboxylic acid groups (broad SMARTS) is 1. The summed E-state index contributed by atoms with van der Waals surface area (Å²) in [7, 11) is 0. The van der Waals surface area contributed by atoms with Gasteiger partial charge < -0.3 is 9.67 Å². The van der Waals surface area contributed by atoms with Crippen molar-refractivity contribution in [2.75, 3.05) is 0 Å². The topological polar surface area (TPSA) is 55.1 Å². The molecule has 0 amide bonds. The Hall–Kier alpha value is -1.84. The SMILES string of the molecule is O=C(O)c1ccc2ncn(CC3CCCCC3)c2c1. The highest BCUT2D eigenvalue weighted by Gasteiger charge is 2.15. The van der Waals surface area contributed by atoms with Crippen molar-refractivity contribution < 1.29 is 9.90 Å². The van der Waals surface area contributed by atoms with E-state index in [-0.39, 0.29) is 0 Å². The molecule has 1 aliphatic rings. The minimum atomic E-state index is -0.882. The molecule has 3 rings (SSSR count). The molecule has 1 fully saturated rings. The first-order chi connectivity index (χ1) is 9.24. The van der Waals surface area contributed by atoms with Crippen LogP contribution in [0.15, 0.2) is 24.5 Å². The second-order valence-corrected chi connectivity index (χ2v) is 5.41. The molecule has 1 aromatic carbocycles. The molecule has 0 saturated heterocycles. The summed E-state index contributed by atoms with van der Waals surface area (Å²) in [6.07, 6.45) is 8.38. The lowest BCUT2D eigenvalue weighted by Gasteiger charge is -2.22. The Morgan fingerprint density at radius 1 is 1.32 bits per heavy atom. The molecule has 0 aliphatic heterocycles. The van der Waals surface area contributed by atoms with Crippen molar-refractivity contribution in [3.63, 3.8) is 0 Å². The third kappa shape index (κ3) is 2.48. The monoisotopic (exact) mass is 258 g/mol. The van der Waals surface area contributed by atoms with Crippen LogP contribution in [0, 0.1) is 5.92 Å². The Morgan fingerprint density at radius 3 is 2.84 bits per heavy atom. The zero-order valence-electron chi connectivity index (χ0n) is 10.9. The molecule has 2 aromatic rings. The maximum atomic E-state index is 11.0. The number of rotatable bonds is 3. The lowest BCUT2D eigenvalue weighted by atomic mass is 9.89. The van der Waals surface area contributed by atoms with Gasteiger partial charge in [0.15, 0.2) is 0 Å². The predicted octanol–water partition coefficient (Wildman–Crippen LogP) is 3.31. The number of imidazole rings is 1. The summed E-state index contributed by atoms with van der Waals surface area (Å²) in [5.41, 5.74) is 2.14. The van der Waals surface area contributed by atoms with E-state index in [1.165, 1.54) is 32.1 Å². The number of benzene rings is 1. The van der Waals surface area contributed by atoms with Crippen molar-refractivity contribution in [3.8, 4) is 0 Å². The van der Waals surface area contributed by atoms with E-state index in [4.69, 9.17) is 5.11 Å². The molecule has 1 saturated carbocycles. The first-order valence-electron chi connectivity index (χ1n) is 6.92. The van der Waals surface area contributed by atoms with Crippen molar-refractivity contribution in [1.29, 1.82) is 0 Å². The van der Waals surface area contributed by atoms with Crippen LogP contribution in [0.25, 0.3) is 11.0 Å². The van der Waals surface area contributed by atoms with E-state index in [0.29, 0.717) is 11.5 Å². The molecule has 100 valence electrons. The van der Waals surface area contributed by atoms with Crippen LogP contribution >= 0.6 is 0 Å². The van der Waals surface area contributed by atoms with E-state index >= 15 is 0 Å². The summed E-state index contributed by atoms with van der Waals surface area (Å²) < 4.78 is 2.11. The Morgan fingerprint density at radius 2 is 2.11 bits per heavy atom. The first-order valence-corrected chi connectivity index (χ1v) is 6.92. The number of aromatic carboxylic acids is 1. The molecule has 4 heteroatoms. The van der Waals surface area contributed by atoms with Crippen LogP contribution in [-0.2, 0) is 6.54 Å². The van der Waals surface area contributed by atoms with Crippen LogP contribution in [-0.4, -0.2) is 20.6 Å². The fourth-order valence-corrected chi connectivity index (χ4v) is 2.98. The molecular formula is C15H18N2O2. The van der Waals surface area contributed by atoms with Crippen LogP contribution in [0.5, 0.6) is 0 Å². The number of hydrogen-bond donors (Lipinski definition) is 1. The third-order valence-corrected chi connectivity index (χ3v) is 4.05. The molecular weight excluding hydrogens is 240 g/mol. The normalized spacial score (nSPS) is 16.8. The zero-order chi connectivity index (χ0) is 13.2. The second-order valence-electron chi connectivity index (χ2n) is 5.41. The molecule has 19 heavy (non-hydrogen) atoms. The Labute approximate surface area is 112 Å². The minimum Gasteiger partial charge on any atom is -0.478 e. The van der Waals surface area contributed by atoms with Gasteiger partial charge >= 0.3 is 5.97 Å². The molecule has 0 atom stereocenters. The summed E-state index contributed by atoms with van der Waals surface area (Å²) in [4.78, 5) is 15.4. The van der Waals surface area contributed by atoms with Gasteiger partial charge in [0.1, 0.15) is 0 Å². The predicted molar refractivity (Wildman–Crippen MR) is 73.3 cm³/mol. The quantitative estimate of drug-likeness (QED) is 0.918. The smallest absolute Gasteiger partial charge is 0.335 e. The summed E-state index contributed by atoms with van der Waals surface area (Å²) in [6.45, 7) is 0.958. The number of hydrogen-bond acceptors (Lipinski definition) is 2. The Kier molecular flexibility index (Phi) is 3.23. The van der Waals surface area contributed by atoms with Gasteiger partial charge in [-0.15, -0.1) is 0 Å². The van der Waals surface area contributed by atoms with Crippen LogP contribution in [0.4, 0.5) is 0 Å².